The van der Waals surface area contributed by atoms with E-state index >= 15 is 0 Å². The van der Waals surface area contributed by atoms with Crippen molar-refractivity contribution in [2.45, 2.75) is 88.5 Å². The third-order valence-corrected chi connectivity index (χ3v) is 14.8. The molecule has 2 fully saturated rings. The molecular formula is C32H43NP2. The van der Waals surface area contributed by atoms with Gasteiger partial charge in [0, 0.05) is 12.0 Å². The second kappa shape index (κ2) is 12.3. The van der Waals surface area contributed by atoms with Crippen molar-refractivity contribution in [2.24, 2.45) is 5.92 Å². The molecule has 3 heteroatoms. The van der Waals surface area contributed by atoms with E-state index in [4.69, 9.17) is 0 Å². The summed E-state index contributed by atoms with van der Waals surface area (Å²) in [5.41, 5.74) is 1.91. The predicted octanol–water partition coefficient (Wildman–Crippen LogP) is 8.57. The van der Waals surface area contributed by atoms with Gasteiger partial charge in [0.1, 0.15) is 0 Å². The molecule has 186 valence electrons. The van der Waals surface area contributed by atoms with Gasteiger partial charge in [0.05, 0.1) is 0 Å². The van der Waals surface area contributed by atoms with Crippen LogP contribution in [0.2, 0.25) is 0 Å². The molecule has 0 heterocycles. The van der Waals surface area contributed by atoms with Crippen molar-refractivity contribution in [2.75, 3.05) is 7.05 Å². The number of benzene rings is 2. The van der Waals surface area contributed by atoms with Crippen molar-refractivity contribution in [3.05, 3.63) is 84.2 Å². The Morgan fingerprint density at radius 3 is 1.69 bits per heavy atom. The average Bonchev–Trinajstić information content (AvgIpc) is 3.40. The molecule has 0 spiro atoms. The molecule has 0 saturated heterocycles. The fourth-order valence-corrected chi connectivity index (χ4v) is 13.3. The molecule has 0 aromatic heterocycles. The number of rotatable bonds is 8. The zero-order valence-corrected chi connectivity index (χ0v) is 23.5. The summed E-state index contributed by atoms with van der Waals surface area (Å²) in [5, 5.41) is 4.59. The summed E-state index contributed by atoms with van der Waals surface area (Å²) in [6, 6.07) is 23.1. The molecule has 0 bridgehead atoms. The second-order valence-corrected chi connectivity index (χ2v) is 15.9. The third kappa shape index (κ3) is 5.85. The van der Waals surface area contributed by atoms with Crippen LogP contribution in [0, 0.1) is 5.92 Å². The van der Waals surface area contributed by atoms with E-state index in [1.165, 1.54) is 74.8 Å². The molecule has 2 aromatic rings. The quantitative estimate of drug-likeness (QED) is 0.326. The molecular weight excluding hydrogens is 460 g/mol. The van der Waals surface area contributed by atoms with E-state index < -0.39 is 7.92 Å². The summed E-state index contributed by atoms with van der Waals surface area (Å²) in [4.78, 5) is 0. The lowest BCUT2D eigenvalue weighted by Crippen LogP contribution is -2.38. The van der Waals surface area contributed by atoms with Crippen LogP contribution < -0.4 is 10.6 Å². The van der Waals surface area contributed by atoms with E-state index in [-0.39, 0.29) is 8.07 Å². The van der Waals surface area contributed by atoms with Crippen LogP contribution in [-0.2, 0) is 0 Å². The van der Waals surface area contributed by atoms with Gasteiger partial charge in [0.2, 0.25) is 0 Å². The fourth-order valence-electron chi connectivity index (χ4n) is 6.66. The van der Waals surface area contributed by atoms with E-state index in [1.807, 2.05) is 0 Å². The van der Waals surface area contributed by atoms with Gasteiger partial charge in [-0.2, -0.15) is 0 Å². The number of hydrogen-bond donors (Lipinski definition) is 0. The van der Waals surface area contributed by atoms with Crippen molar-refractivity contribution in [1.82, 2.24) is 4.67 Å². The summed E-state index contributed by atoms with van der Waals surface area (Å²) >= 11 is 0. The first-order chi connectivity index (χ1) is 17.2. The number of nitrogens with zero attached hydrogens (tertiary/aromatic N) is 1. The van der Waals surface area contributed by atoms with Crippen molar-refractivity contribution in [3.63, 3.8) is 0 Å². The van der Waals surface area contributed by atoms with Gasteiger partial charge in [0.25, 0.3) is 0 Å². The maximum Gasteiger partial charge on any atom is 0.0207 e. The molecule has 2 atom stereocenters. The highest BCUT2D eigenvalue weighted by Crippen LogP contribution is 2.60. The van der Waals surface area contributed by atoms with Crippen LogP contribution in [0.5, 0.6) is 0 Å². The Balaban J connectivity index is 1.43. The Labute approximate surface area is 216 Å². The van der Waals surface area contributed by atoms with Crippen molar-refractivity contribution < 1.29 is 0 Å². The van der Waals surface area contributed by atoms with Crippen LogP contribution in [0.1, 0.15) is 71.1 Å². The monoisotopic (exact) mass is 503 g/mol. The van der Waals surface area contributed by atoms with Crippen LogP contribution in [-0.4, -0.2) is 29.1 Å². The first kappa shape index (κ1) is 25.4. The van der Waals surface area contributed by atoms with Gasteiger partial charge in [-0.15, -0.1) is 0 Å². The van der Waals surface area contributed by atoms with Crippen LogP contribution in [0.25, 0.3) is 0 Å². The smallest absolute Gasteiger partial charge is 0.0207 e. The molecule has 5 rings (SSSR count). The van der Waals surface area contributed by atoms with Crippen LogP contribution in [0.4, 0.5) is 0 Å². The van der Waals surface area contributed by atoms with Crippen LogP contribution in [0.15, 0.2) is 84.2 Å². The minimum absolute atomic E-state index is 0.0811. The Morgan fingerprint density at radius 1 is 0.714 bits per heavy atom. The topological polar surface area (TPSA) is 3.24 Å². The summed E-state index contributed by atoms with van der Waals surface area (Å²) in [5.74, 6) is 0.503. The lowest BCUT2D eigenvalue weighted by Gasteiger charge is -2.47. The summed E-state index contributed by atoms with van der Waals surface area (Å²) in [6.07, 6.45) is 22.0. The van der Waals surface area contributed by atoms with Crippen molar-refractivity contribution >= 4 is 26.6 Å². The minimum Gasteiger partial charge on any atom is -0.281 e. The fraction of sp³-hybridized carbons (Fsp3) is 0.500. The SMILES string of the molecule is C[C@@H](C1C=CC=C1P(c1ccccc1)c1ccccc1)N(C)P(C1CCCCC1)C1CCCCC1. The predicted molar refractivity (Wildman–Crippen MR) is 158 cm³/mol. The molecule has 0 radical (unpaired) electrons. The van der Waals surface area contributed by atoms with Crippen molar-refractivity contribution in [3.8, 4) is 0 Å². The van der Waals surface area contributed by atoms with Gasteiger partial charge in [0.15, 0.2) is 0 Å². The second-order valence-electron chi connectivity index (χ2n) is 10.8. The summed E-state index contributed by atoms with van der Waals surface area (Å²) in [6.45, 7) is 2.54. The highest BCUT2D eigenvalue weighted by atomic mass is 31.1. The number of hydrogen-bond acceptors (Lipinski definition) is 1. The minimum atomic E-state index is -0.518. The molecule has 0 aliphatic heterocycles. The summed E-state index contributed by atoms with van der Waals surface area (Å²) in [7, 11) is 1.91. The first-order valence-corrected chi connectivity index (χ1v) is 16.8. The average molecular weight is 504 g/mol. The highest BCUT2D eigenvalue weighted by Gasteiger charge is 2.39. The lowest BCUT2D eigenvalue weighted by molar-refractivity contribution is 0.355. The zero-order chi connectivity index (χ0) is 24.0. The van der Waals surface area contributed by atoms with Gasteiger partial charge in [-0.05, 0) is 82.9 Å². The molecule has 1 nitrogen and oxygen atoms in total. The molecule has 1 unspecified atom stereocenters. The van der Waals surface area contributed by atoms with E-state index in [0.717, 1.165) is 11.3 Å². The largest absolute Gasteiger partial charge is 0.281 e. The molecule has 0 amide bonds. The molecule has 2 saturated carbocycles. The summed E-state index contributed by atoms with van der Waals surface area (Å²) < 4.78 is 2.93. The maximum atomic E-state index is 2.93. The van der Waals surface area contributed by atoms with Gasteiger partial charge >= 0.3 is 0 Å². The highest BCUT2D eigenvalue weighted by molar-refractivity contribution is 7.76. The Kier molecular flexibility index (Phi) is 8.94. The maximum absolute atomic E-state index is 2.93. The molecule has 3 aliphatic carbocycles. The van der Waals surface area contributed by atoms with Gasteiger partial charge in [-0.25, -0.2) is 0 Å². The first-order valence-electron chi connectivity index (χ1n) is 14.0. The van der Waals surface area contributed by atoms with Crippen LogP contribution >= 0.6 is 16.0 Å². The zero-order valence-electron chi connectivity index (χ0n) is 21.7. The van der Waals surface area contributed by atoms with Gasteiger partial charge in [-0.3, -0.25) is 4.67 Å². The van der Waals surface area contributed by atoms with E-state index in [9.17, 15) is 0 Å². The molecule has 0 N–H and O–H groups in total. The normalized spacial score (nSPS) is 22.8. The number of allylic oxidation sites excluding steroid dienone is 2. The molecule has 35 heavy (non-hydrogen) atoms. The molecule has 3 aliphatic rings. The third-order valence-electron chi connectivity index (χ3n) is 8.58. The van der Waals surface area contributed by atoms with E-state index in [0.29, 0.717) is 12.0 Å². The van der Waals surface area contributed by atoms with E-state index in [2.05, 4.69) is 97.5 Å². The van der Waals surface area contributed by atoms with Crippen LogP contribution in [0.3, 0.4) is 0 Å². The van der Waals surface area contributed by atoms with Gasteiger partial charge < -0.3 is 0 Å². The lowest BCUT2D eigenvalue weighted by atomic mass is 9.99. The van der Waals surface area contributed by atoms with E-state index in [1.54, 1.807) is 5.31 Å². The Hall–Kier alpha value is -1.26. The Morgan fingerprint density at radius 2 is 1.20 bits per heavy atom. The van der Waals surface area contributed by atoms with Gasteiger partial charge in [-0.1, -0.05) is 117 Å². The van der Waals surface area contributed by atoms with Crippen molar-refractivity contribution in [1.29, 1.82) is 0 Å². The standard InChI is InChI=1S/C32H43NP2/c1-26(33(2)35(29-20-11-5-12-21-29)30-22-13-6-14-23-30)31-24-15-25-32(31)34(27-16-7-3-8-17-27)28-18-9-4-10-19-28/h3-4,7-10,15-19,24-26,29-31H,5-6,11-14,20-23H2,1-2H3/t26-,31?/m0/s1. The Bertz CT molecular complexity index is 916. The molecule has 2 aromatic carbocycles.